The van der Waals surface area contributed by atoms with Crippen LogP contribution in [0.15, 0.2) is 24.3 Å². The van der Waals surface area contributed by atoms with E-state index in [0.29, 0.717) is 6.04 Å². The Labute approximate surface area is 126 Å². The van der Waals surface area contributed by atoms with Gasteiger partial charge in [-0.15, -0.1) is 0 Å². The highest BCUT2D eigenvalue weighted by atomic mass is 35.5. The van der Waals surface area contributed by atoms with Crippen molar-refractivity contribution in [3.63, 3.8) is 0 Å². The molecule has 2 aliphatic rings. The predicted octanol–water partition coefficient (Wildman–Crippen LogP) is 2.54. The molecule has 0 unspecified atom stereocenters. The van der Waals surface area contributed by atoms with Crippen LogP contribution in [0.25, 0.3) is 0 Å². The van der Waals surface area contributed by atoms with Crippen molar-refractivity contribution in [2.24, 2.45) is 0 Å². The lowest BCUT2D eigenvalue weighted by Gasteiger charge is -2.27. The summed E-state index contributed by atoms with van der Waals surface area (Å²) < 4.78 is 0. The zero-order chi connectivity index (χ0) is 13.9. The molecule has 0 aliphatic carbocycles. The average molecular weight is 295 g/mol. The van der Waals surface area contributed by atoms with Crippen LogP contribution in [-0.2, 0) is 0 Å². The van der Waals surface area contributed by atoms with Crippen LogP contribution in [0.1, 0.15) is 30.9 Å². The zero-order valence-electron chi connectivity index (χ0n) is 11.8. The minimum atomic E-state index is -0.416. The smallest absolute Gasteiger partial charge is 0.0916 e. The maximum Gasteiger partial charge on any atom is 0.0916 e. The zero-order valence-corrected chi connectivity index (χ0v) is 12.6. The average Bonchev–Trinajstić information content (AvgIpc) is 2.78. The molecular formula is C16H23ClN2O. The van der Waals surface area contributed by atoms with Crippen LogP contribution in [0.2, 0.25) is 5.02 Å². The molecule has 0 bridgehead atoms. The van der Waals surface area contributed by atoms with E-state index in [-0.39, 0.29) is 0 Å². The van der Waals surface area contributed by atoms with Crippen molar-refractivity contribution in [2.45, 2.75) is 31.4 Å². The molecule has 0 amide bonds. The molecule has 110 valence electrons. The molecule has 2 saturated heterocycles. The third-order valence-electron chi connectivity index (χ3n) is 4.57. The van der Waals surface area contributed by atoms with Crippen LogP contribution >= 0.6 is 11.6 Å². The summed E-state index contributed by atoms with van der Waals surface area (Å²) in [4.78, 5) is 5.05. The Morgan fingerprint density at radius 2 is 1.90 bits per heavy atom. The monoisotopic (exact) mass is 294 g/mol. The summed E-state index contributed by atoms with van der Waals surface area (Å²) in [6.45, 7) is 5.41. The molecule has 2 fully saturated rings. The van der Waals surface area contributed by atoms with Crippen molar-refractivity contribution >= 4 is 11.6 Å². The van der Waals surface area contributed by atoms with Gasteiger partial charge >= 0.3 is 0 Å². The van der Waals surface area contributed by atoms with Crippen LogP contribution in [0.4, 0.5) is 0 Å². The molecule has 0 radical (unpaired) electrons. The Bertz CT molecular complexity index is 437. The van der Waals surface area contributed by atoms with Gasteiger partial charge in [-0.2, -0.15) is 0 Å². The summed E-state index contributed by atoms with van der Waals surface area (Å²) in [5.74, 6) is 0. The summed E-state index contributed by atoms with van der Waals surface area (Å²) >= 11 is 5.89. The first-order valence-corrected chi connectivity index (χ1v) is 8.00. The SMILES string of the molecule is O[C@@H](CN1CCCN2CCC[C@H]2C1)c1ccc(Cl)cc1. The fourth-order valence-electron chi connectivity index (χ4n) is 3.48. The van der Waals surface area contributed by atoms with Gasteiger partial charge in [0.2, 0.25) is 0 Å². The van der Waals surface area contributed by atoms with E-state index in [2.05, 4.69) is 9.80 Å². The second kappa shape index (κ2) is 6.44. The summed E-state index contributed by atoms with van der Waals surface area (Å²) in [7, 11) is 0. The fourth-order valence-corrected chi connectivity index (χ4v) is 3.61. The molecule has 1 N–H and O–H groups in total. The molecule has 0 saturated carbocycles. The van der Waals surface area contributed by atoms with Crippen LogP contribution < -0.4 is 0 Å². The van der Waals surface area contributed by atoms with Gasteiger partial charge in [-0.05, 0) is 56.6 Å². The minimum Gasteiger partial charge on any atom is -0.387 e. The molecule has 4 heteroatoms. The molecule has 1 aromatic carbocycles. The molecule has 20 heavy (non-hydrogen) atoms. The van der Waals surface area contributed by atoms with E-state index in [4.69, 9.17) is 11.6 Å². The first-order chi connectivity index (χ1) is 9.72. The van der Waals surface area contributed by atoms with E-state index in [0.717, 1.165) is 30.2 Å². The Morgan fingerprint density at radius 1 is 1.15 bits per heavy atom. The summed E-state index contributed by atoms with van der Waals surface area (Å²) in [5.41, 5.74) is 0.960. The first-order valence-electron chi connectivity index (χ1n) is 7.62. The molecule has 0 aromatic heterocycles. The quantitative estimate of drug-likeness (QED) is 0.928. The molecule has 2 atom stereocenters. The van der Waals surface area contributed by atoms with Gasteiger partial charge in [-0.1, -0.05) is 23.7 Å². The van der Waals surface area contributed by atoms with Gasteiger partial charge in [0.25, 0.3) is 0 Å². The Kier molecular flexibility index (Phi) is 4.61. The highest BCUT2D eigenvalue weighted by Gasteiger charge is 2.29. The van der Waals surface area contributed by atoms with E-state index in [1.807, 2.05) is 24.3 Å². The van der Waals surface area contributed by atoms with Crippen LogP contribution in [0.3, 0.4) is 0 Å². The van der Waals surface area contributed by atoms with Crippen LogP contribution in [0, 0.1) is 0 Å². The maximum absolute atomic E-state index is 10.4. The van der Waals surface area contributed by atoms with E-state index in [1.54, 1.807) is 0 Å². The standard InChI is InChI=1S/C16H23ClN2O/c17-14-6-4-13(5-7-14)16(20)12-18-8-2-10-19-9-1-3-15(19)11-18/h4-7,15-16,20H,1-3,8-12H2/t15-,16-/m0/s1. The van der Waals surface area contributed by atoms with Crippen molar-refractivity contribution in [3.05, 3.63) is 34.9 Å². The lowest BCUT2D eigenvalue weighted by Crippen LogP contribution is -2.38. The van der Waals surface area contributed by atoms with Crippen molar-refractivity contribution in [1.82, 2.24) is 9.80 Å². The number of aliphatic hydroxyl groups is 1. The van der Waals surface area contributed by atoms with Gasteiger partial charge in [-0.3, -0.25) is 9.80 Å². The summed E-state index contributed by atoms with van der Waals surface area (Å²) in [5, 5.41) is 11.1. The number of aliphatic hydroxyl groups excluding tert-OH is 1. The lowest BCUT2D eigenvalue weighted by molar-refractivity contribution is 0.108. The van der Waals surface area contributed by atoms with Gasteiger partial charge in [0.15, 0.2) is 0 Å². The van der Waals surface area contributed by atoms with Gasteiger partial charge < -0.3 is 5.11 Å². The van der Waals surface area contributed by atoms with Crippen LogP contribution in [0.5, 0.6) is 0 Å². The molecule has 2 heterocycles. The number of benzene rings is 1. The number of hydrogen-bond acceptors (Lipinski definition) is 3. The van der Waals surface area contributed by atoms with E-state index >= 15 is 0 Å². The Hall–Kier alpha value is -0.610. The third-order valence-corrected chi connectivity index (χ3v) is 4.83. The largest absolute Gasteiger partial charge is 0.387 e. The van der Waals surface area contributed by atoms with Crippen molar-refractivity contribution < 1.29 is 5.11 Å². The number of fused-ring (bicyclic) bond motifs is 1. The number of halogens is 1. The van der Waals surface area contributed by atoms with E-state index in [1.165, 1.54) is 32.4 Å². The molecule has 2 aliphatic heterocycles. The molecule has 3 rings (SSSR count). The molecule has 0 spiro atoms. The molecule has 3 nitrogen and oxygen atoms in total. The normalized spacial score (nSPS) is 26.2. The summed E-state index contributed by atoms with van der Waals surface area (Å²) in [6.07, 6.45) is 3.44. The van der Waals surface area contributed by atoms with Crippen molar-refractivity contribution in [3.8, 4) is 0 Å². The number of nitrogens with zero attached hydrogens (tertiary/aromatic N) is 2. The van der Waals surface area contributed by atoms with Crippen molar-refractivity contribution in [2.75, 3.05) is 32.7 Å². The summed E-state index contributed by atoms with van der Waals surface area (Å²) in [6, 6.07) is 8.25. The van der Waals surface area contributed by atoms with Gasteiger partial charge in [0.05, 0.1) is 6.10 Å². The second-order valence-electron chi connectivity index (χ2n) is 6.01. The molecular weight excluding hydrogens is 272 g/mol. The van der Waals surface area contributed by atoms with Gasteiger partial charge in [0, 0.05) is 24.2 Å². The van der Waals surface area contributed by atoms with E-state index in [9.17, 15) is 5.11 Å². The number of rotatable bonds is 3. The Balaban J connectivity index is 1.60. The van der Waals surface area contributed by atoms with Crippen molar-refractivity contribution in [1.29, 1.82) is 0 Å². The topological polar surface area (TPSA) is 26.7 Å². The highest BCUT2D eigenvalue weighted by molar-refractivity contribution is 6.30. The highest BCUT2D eigenvalue weighted by Crippen LogP contribution is 2.23. The maximum atomic E-state index is 10.4. The number of hydrogen-bond donors (Lipinski definition) is 1. The third kappa shape index (κ3) is 3.34. The lowest BCUT2D eigenvalue weighted by atomic mass is 10.1. The van der Waals surface area contributed by atoms with Gasteiger partial charge in [-0.25, -0.2) is 0 Å². The molecule has 1 aromatic rings. The second-order valence-corrected chi connectivity index (χ2v) is 6.45. The van der Waals surface area contributed by atoms with E-state index < -0.39 is 6.10 Å². The van der Waals surface area contributed by atoms with Gasteiger partial charge in [0.1, 0.15) is 0 Å². The van der Waals surface area contributed by atoms with Crippen LogP contribution in [-0.4, -0.2) is 53.7 Å². The minimum absolute atomic E-state index is 0.416. The number of β-amino-alcohol motifs (C(OH)–C–C–N with tert-alkyl or cyclic N) is 1. The first kappa shape index (κ1) is 14.3. The predicted molar refractivity (Wildman–Crippen MR) is 82.1 cm³/mol. The fraction of sp³-hybridized carbons (Fsp3) is 0.625. The Morgan fingerprint density at radius 3 is 2.70 bits per heavy atom.